The van der Waals surface area contributed by atoms with Gasteiger partial charge in [0.25, 0.3) is 0 Å². The van der Waals surface area contributed by atoms with Gasteiger partial charge in [-0.05, 0) is 55.2 Å². The first-order valence-electron chi connectivity index (χ1n) is 8.90. The standard InChI is InChI=1S/C20H27ClNO3P/c1-5-24-26(23,25-6-2)20(17-7-11-18(21)12-8-17)22-19-13-9-16(10-14-19)15(3)4/h7-15,20,22H,5-6H2,1-4H3/t20-/m0/s1. The highest BCUT2D eigenvalue weighted by molar-refractivity contribution is 7.54. The molecule has 0 aromatic heterocycles. The zero-order chi connectivity index (χ0) is 19.2. The van der Waals surface area contributed by atoms with Gasteiger partial charge in [-0.1, -0.05) is 49.7 Å². The first-order chi connectivity index (χ1) is 12.4. The van der Waals surface area contributed by atoms with Gasteiger partial charge in [0.1, 0.15) is 0 Å². The highest BCUT2D eigenvalue weighted by atomic mass is 35.5. The topological polar surface area (TPSA) is 47.6 Å². The third kappa shape index (κ3) is 5.34. The molecule has 26 heavy (non-hydrogen) atoms. The van der Waals surface area contributed by atoms with E-state index in [0.29, 0.717) is 24.2 Å². The Morgan fingerprint density at radius 2 is 1.42 bits per heavy atom. The summed E-state index contributed by atoms with van der Waals surface area (Å²) in [6.45, 7) is 8.52. The second-order valence-electron chi connectivity index (χ2n) is 6.25. The summed E-state index contributed by atoms with van der Waals surface area (Å²) in [5.41, 5.74) is 2.90. The number of benzene rings is 2. The minimum Gasteiger partial charge on any atom is -0.368 e. The quantitative estimate of drug-likeness (QED) is 0.472. The lowest BCUT2D eigenvalue weighted by Crippen LogP contribution is -2.15. The summed E-state index contributed by atoms with van der Waals surface area (Å²) < 4.78 is 24.6. The fourth-order valence-corrected chi connectivity index (χ4v) is 4.72. The van der Waals surface area contributed by atoms with Gasteiger partial charge in [-0.2, -0.15) is 0 Å². The SMILES string of the molecule is CCOP(=O)(OCC)[C@H](Nc1ccc(C(C)C)cc1)c1ccc(Cl)cc1. The maximum Gasteiger partial charge on any atom is 0.357 e. The average molecular weight is 396 g/mol. The molecule has 142 valence electrons. The monoisotopic (exact) mass is 395 g/mol. The highest BCUT2D eigenvalue weighted by Crippen LogP contribution is 2.60. The molecule has 1 atom stereocenters. The predicted molar refractivity (Wildman–Crippen MR) is 109 cm³/mol. The van der Waals surface area contributed by atoms with Crippen LogP contribution in [0, 0.1) is 0 Å². The molecule has 0 amide bonds. The van der Waals surface area contributed by atoms with Gasteiger partial charge in [-0.25, -0.2) is 0 Å². The molecule has 0 saturated carbocycles. The van der Waals surface area contributed by atoms with Crippen LogP contribution in [0.3, 0.4) is 0 Å². The van der Waals surface area contributed by atoms with Crippen molar-refractivity contribution in [1.82, 2.24) is 0 Å². The van der Waals surface area contributed by atoms with Crippen LogP contribution in [0.4, 0.5) is 5.69 Å². The summed E-state index contributed by atoms with van der Waals surface area (Å²) in [6.07, 6.45) is 0. The third-order valence-corrected chi connectivity index (χ3v) is 6.55. The van der Waals surface area contributed by atoms with E-state index in [-0.39, 0.29) is 0 Å². The molecule has 0 bridgehead atoms. The van der Waals surface area contributed by atoms with Gasteiger partial charge in [-0.15, -0.1) is 0 Å². The zero-order valence-electron chi connectivity index (χ0n) is 15.7. The normalized spacial score (nSPS) is 13.0. The Kier molecular flexibility index (Phi) is 7.72. The Bertz CT molecular complexity index is 722. The van der Waals surface area contributed by atoms with E-state index in [4.69, 9.17) is 20.6 Å². The summed E-state index contributed by atoms with van der Waals surface area (Å²) >= 11 is 6.01. The van der Waals surface area contributed by atoms with Crippen LogP contribution in [-0.4, -0.2) is 13.2 Å². The van der Waals surface area contributed by atoms with Gasteiger partial charge in [0.2, 0.25) is 0 Å². The van der Waals surface area contributed by atoms with E-state index in [9.17, 15) is 4.57 Å². The van der Waals surface area contributed by atoms with Crippen molar-refractivity contribution in [3.05, 3.63) is 64.7 Å². The molecule has 0 fully saturated rings. The molecule has 2 rings (SSSR count). The molecule has 4 nitrogen and oxygen atoms in total. The van der Waals surface area contributed by atoms with Crippen molar-refractivity contribution in [3.63, 3.8) is 0 Å². The van der Waals surface area contributed by atoms with E-state index in [2.05, 4.69) is 31.3 Å². The van der Waals surface area contributed by atoms with E-state index < -0.39 is 13.4 Å². The molecule has 0 radical (unpaired) electrons. The Labute approximate surface area is 161 Å². The Hall–Kier alpha value is -1.32. The second kappa shape index (κ2) is 9.57. The molecule has 2 aromatic rings. The van der Waals surface area contributed by atoms with Crippen molar-refractivity contribution < 1.29 is 13.6 Å². The van der Waals surface area contributed by atoms with Gasteiger partial charge in [0.15, 0.2) is 5.78 Å². The van der Waals surface area contributed by atoms with Crippen LogP contribution in [0.2, 0.25) is 5.02 Å². The van der Waals surface area contributed by atoms with Crippen molar-refractivity contribution in [1.29, 1.82) is 0 Å². The minimum absolute atomic E-state index is 0.301. The molecular formula is C20H27ClNO3P. The number of anilines is 1. The number of rotatable bonds is 9. The van der Waals surface area contributed by atoms with Gasteiger partial charge < -0.3 is 14.4 Å². The molecule has 0 aliphatic carbocycles. The third-order valence-electron chi connectivity index (χ3n) is 4.00. The molecule has 6 heteroatoms. The number of halogens is 1. The molecule has 1 N–H and O–H groups in total. The molecule has 0 aliphatic rings. The average Bonchev–Trinajstić information content (AvgIpc) is 2.61. The number of nitrogens with one attached hydrogen (secondary N) is 1. The van der Waals surface area contributed by atoms with Crippen LogP contribution in [0.15, 0.2) is 48.5 Å². The van der Waals surface area contributed by atoms with Crippen molar-refractivity contribution in [2.24, 2.45) is 0 Å². The van der Waals surface area contributed by atoms with Crippen LogP contribution in [0.5, 0.6) is 0 Å². The van der Waals surface area contributed by atoms with E-state index in [1.807, 2.05) is 38.1 Å². The minimum atomic E-state index is -3.42. The van der Waals surface area contributed by atoms with Gasteiger partial charge in [-0.3, -0.25) is 4.57 Å². The molecule has 0 aliphatic heterocycles. The molecular weight excluding hydrogens is 369 g/mol. The second-order valence-corrected chi connectivity index (χ2v) is 8.80. The summed E-state index contributed by atoms with van der Waals surface area (Å²) in [7, 11) is -3.42. The van der Waals surface area contributed by atoms with E-state index in [1.165, 1.54) is 5.56 Å². The van der Waals surface area contributed by atoms with Crippen LogP contribution < -0.4 is 5.32 Å². The number of hydrogen-bond donors (Lipinski definition) is 1. The first kappa shape index (κ1) is 21.0. The molecule has 0 spiro atoms. The van der Waals surface area contributed by atoms with E-state index in [1.54, 1.807) is 12.1 Å². The van der Waals surface area contributed by atoms with Crippen LogP contribution in [-0.2, 0) is 13.6 Å². The Morgan fingerprint density at radius 1 is 0.923 bits per heavy atom. The summed E-state index contributed by atoms with van der Waals surface area (Å²) in [5.74, 6) is -0.168. The summed E-state index contributed by atoms with van der Waals surface area (Å²) in [5, 5.41) is 3.96. The van der Waals surface area contributed by atoms with Crippen LogP contribution >= 0.6 is 19.2 Å². The molecule has 0 unspecified atom stereocenters. The van der Waals surface area contributed by atoms with E-state index in [0.717, 1.165) is 11.3 Å². The fraction of sp³-hybridized carbons (Fsp3) is 0.400. The Balaban J connectivity index is 2.39. The molecule has 2 aromatic carbocycles. The maximum absolute atomic E-state index is 13.4. The van der Waals surface area contributed by atoms with Gasteiger partial charge in [0.05, 0.1) is 13.2 Å². The fourth-order valence-electron chi connectivity index (χ4n) is 2.66. The summed E-state index contributed by atoms with van der Waals surface area (Å²) in [6, 6.07) is 15.3. The smallest absolute Gasteiger partial charge is 0.357 e. The van der Waals surface area contributed by atoms with Crippen molar-refractivity contribution in [2.45, 2.75) is 39.4 Å². The van der Waals surface area contributed by atoms with E-state index >= 15 is 0 Å². The van der Waals surface area contributed by atoms with Crippen molar-refractivity contribution in [3.8, 4) is 0 Å². The Morgan fingerprint density at radius 3 is 1.88 bits per heavy atom. The molecule has 0 saturated heterocycles. The maximum atomic E-state index is 13.4. The number of hydrogen-bond acceptors (Lipinski definition) is 4. The molecule has 0 heterocycles. The van der Waals surface area contributed by atoms with Crippen molar-refractivity contribution >= 4 is 24.9 Å². The first-order valence-corrected chi connectivity index (χ1v) is 10.9. The van der Waals surface area contributed by atoms with Crippen LogP contribution in [0.25, 0.3) is 0 Å². The van der Waals surface area contributed by atoms with Crippen LogP contribution in [0.1, 0.15) is 50.5 Å². The predicted octanol–water partition coefficient (Wildman–Crippen LogP) is 6.84. The lowest BCUT2D eigenvalue weighted by Gasteiger charge is -2.28. The lowest BCUT2D eigenvalue weighted by atomic mass is 10.0. The highest BCUT2D eigenvalue weighted by Gasteiger charge is 2.37. The zero-order valence-corrected chi connectivity index (χ0v) is 17.4. The largest absolute Gasteiger partial charge is 0.368 e. The van der Waals surface area contributed by atoms with Gasteiger partial charge in [0, 0.05) is 10.7 Å². The summed E-state index contributed by atoms with van der Waals surface area (Å²) in [4.78, 5) is 0. The van der Waals surface area contributed by atoms with Crippen molar-refractivity contribution in [2.75, 3.05) is 18.5 Å². The lowest BCUT2D eigenvalue weighted by molar-refractivity contribution is 0.214. The van der Waals surface area contributed by atoms with Gasteiger partial charge >= 0.3 is 7.60 Å².